The van der Waals surface area contributed by atoms with Gasteiger partial charge in [-0.15, -0.1) is 0 Å². The first-order valence-corrected chi connectivity index (χ1v) is 6.02. The van der Waals surface area contributed by atoms with Gasteiger partial charge in [0, 0.05) is 37.3 Å². The van der Waals surface area contributed by atoms with E-state index in [1.165, 1.54) is 26.1 Å². The molecule has 0 N–H and O–H groups in total. The Hall–Kier alpha value is -0.120. The monoisotopic (exact) mass is 211 g/mol. The molecule has 1 atom stereocenters. The molecule has 2 heterocycles. The Morgan fingerprint density at radius 3 is 2.13 bits per heavy atom. The van der Waals surface area contributed by atoms with Crippen molar-refractivity contribution in [2.24, 2.45) is 0 Å². The van der Waals surface area contributed by atoms with Crippen LogP contribution in [0.3, 0.4) is 0 Å². The number of hydrogen-bond donors (Lipinski definition) is 0. The van der Waals surface area contributed by atoms with Crippen LogP contribution in [0.2, 0.25) is 0 Å². The molecule has 0 radical (unpaired) electrons. The van der Waals surface area contributed by atoms with Gasteiger partial charge in [0.25, 0.3) is 0 Å². The van der Waals surface area contributed by atoms with Gasteiger partial charge in [0.1, 0.15) is 0 Å². The first kappa shape index (κ1) is 11.4. The van der Waals surface area contributed by atoms with Gasteiger partial charge in [-0.05, 0) is 41.4 Å². The van der Waals surface area contributed by atoms with Crippen molar-refractivity contribution in [1.82, 2.24) is 14.7 Å². The molecule has 2 aliphatic rings. The van der Waals surface area contributed by atoms with E-state index < -0.39 is 0 Å². The van der Waals surface area contributed by atoms with Crippen molar-refractivity contribution in [3.8, 4) is 0 Å². The van der Waals surface area contributed by atoms with Gasteiger partial charge in [0.2, 0.25) is 0 Å². The molecule has 0 aromatic rings. The smallest absolute Gasteiger partial charge is 0.0344 e. The van der Waals surface area contributed by atoms with Crippen LogP contribution in [-0.4, -0.2) is 73.1 Å². The van der Waals surface area contributed by atoms with E-state index in [0.29, 0.717) is 5.54 Å². The summed E-state index contributed by atoms with van der Waals surface area (Å²) in [7, 11) is 6.63. The number of hydrogen-bond acceptors (Lipinski definition) is 3. The van der Waals surface area contributed by atoms with E-state index in [-0.39, 0.29) is 0 Å². The van der Waals surface area contributed by atoms with Crippen molar-refractivity contribution in [3.63, 3.8) is 0 Å². The molecular weight excluding hydrogens is 186 g/mol. The molecule has 88 valence electrons. The molecule has 0 aromatic carbocycles. The number of likely N-dealkylation sites (tertiary alicyclic amines) is 2. The molecule has 2 fully saturated rings. The predicted octanol–water partition coefficient (Wildman–Crippen LogP) is 0.715. The summed E-state index contributed by atoms with van der Waals surface area (Å²) in [6.45, 7) is 8.49. The second-order valence-electron chi connectivity index (χ2n) is 6.12. The van der Waals surface area contributed by atoms with E-state index in [2.05, 4.69) is 49.7 Å². The molecule has 3 nitrogen and oxygen atoms in total. The molecule has 2 aliphatic heterocycles. The minimum atomic E-state index is 0.397. The summed E-state index contributed by atoms with van der Waals surface area (Å²) in [5.74, 6) is 0. The normalized spacial score (nSPS) is 33.6. The summed E-state index contributed by atoms with van der Waals surface area (Å²) in [5, 5.41) is 0. The second-order valence-corrected chi connectivity index (χ2v) is 6.12. The number of likely N-dealkylation sites (N-methyl/N-ethyl adjacent to an activating group) is 2. The lowest BCUT2D eigenvalue weighted by molar-refractivity contribution is 0.0305. The van der Waals surface area contributed by atoms with Crippen LogP contribution in [0.5, 0.6) is 0 Å². The van der Waals surface area contributed by atoms with Crippen LogP contribution in [0.4, 0.5) is 0 Å². The summed E-state index contributed by atoms with van der Waals surface area (Å²) in [6.07, 6.45) is 1.32. The minimum Gasteiger partial charge on any atom is -0.304 e. The molecule has 0 bridgehead atoms. The predicted molar refractivity (Wildman–Crippen MR) is 64.2 cm³/mol. The van der Waals surface area contributed by atoms with Crippen molar-refractivity contribution in [1.29, 1.82) is 0 Å². The van der Waals surface area contributed by atoms with Gasteiger partial charge < -0.3 is 4.90 Å². The molecule has 0 amide bonds. The van der Waals surface area contributed by atoms with E-state index in [9.17, 15) is 0 Å². The zero-order valence-electron chi connectivity index (χ0n) is 10.8. The van der Waals surface area contributed by atoms with Crippen molar-refractivity contribution in [3.05, 3.63) is 0 Å². The Morgan fingerprint density at radius 2 is 1.73 bits per heavy atom. The number of rotatable bonds is 2. The minimum absolute atomic E-state index is 0.397. The maximum absolute atomic E-state index is 2.65. The standard InChI is InChI=1S/C12H25N3/c1-12(2)6-10(7-14(12)5)15-8-11(9-15)13(3)4/h10-11H,6-9H2,1-5H3/t10-/m1/s1. The molecule has 2 rings (SSSR count). The lowest BCUT2D eigenvalue weighted by atomic mass is 9.97. The Balaban J connectivity index is 1.84. The van der Waals surface area contributed by atoms with Crippen LogP contribution < -0.4 is 0 Å². The van der Waals surface area contributed by atoms with Crippen molar-refractivity contribution < 1.29 is 0 Å². The van der Waals surface area contributed by atoms with Crippen LogP contribution in [0, 0.1) is 0 Å². The van der Waals surface area contributed by atoms with Crippen LogP contribution in [0.25, 0.3) is 0 Å². The molecule has 2 saturated heterocycles. The fraction of sp³-hybridized carbons (Fsp3) is 1.00. The van der Waals surface area contributed by atoms with Gasteiger partial charge >= 0.3 is 0 Å². The highest BCUT2D eigenvalue weighted by molar-refractivity contribution is 5.00. The molecule has 15 heavy (non-hydrogen) atoms. The van der Waals surface area contributed by atoms with Crippen molar-refractivity contribution >= 4 is 0 Å². The summed E-state index contributed by atoms with van der Waals surface area (Å²) in [6, 6.07) is 1.58. The molecule has 3 heteroatoms. The molecule has 0 unspecified atom stereocenters. The maximum Gasteiger partial charge on any atom is 0.0344 e. The van der Waals surface area contributed by atoms with Crippen LogP contribution in [0.15, 0.2) is 0 Å². The highest BCUT2D eigenvalue weighted by Gasteiger charge is 2.42. The van der Waals surface area contributed by atoms with E-state index in [1.807, 2.05) is 0 Å². The lowest BCUT2D eigenvalue weighted by Crippen LogP contribution is -2.61. The van der Waals surface area contributed by atoms with Crippen molar-refractivity contribution in [2.75, 3.05) is 40.8 Å². The highest BCUT2D eigenvalue weighted by atomic mass is 15.3. The third-order valence-corrected chi connectivity index (χ3v) is 4.39. The van der Waals surface area contributed by atoms with Crippen molar-refractivity contribution in [2.45, 2.75) is 37.9 Å². The van der Waals surface area contributed by atoms with Gasteiger partial charge in [-0.2, -0.15) is 0 Å². The van der Waals surface area contributed by atoms with E-state index in [1.54, 1.807) is 0 Å². The SMILES string of the molecule is CN(C)C1CN([C@H]2CN(C)C(C)(C)C2)C1. The van der Waals surface area contributed by atoms with Gasteiger partial charge in [0.05, 0.1) is 0 Å². The van der Waals surface area contributed by atoms with Gasteiger partial charge in [0.15, 0.2) is 0 Å². The summed E-state index contributed by atoms with van der Waals surface area (Å²) < 4.78 is 0. The highest BCUT2D eigenvalue weighted by Crippen LogP contribution is 2.32. The first-order chi connectivity index (χ1) is 6.90. The zero-order chi connectivity index (χ0) is 11.2. The average Bonchev–Trinajstić information content (AvgIpc) is 2.21. The lowest BCUT2D eigenvalue weighted by Gasteiger charge is -2.46. The molecule has 0 aromatic heterocycles. The average molecular weight is 211 g/mol. The van der Waals surface area contributed by atoms with Crippen LogP contribution in [0.1, 0.15) is 20.3 Å². The van der Waals surface area contributed by atoms with Crippen LogP contribution in [-0.2, 0) is 0 Å². The van der Waals surface area contributed by atoms with E-state index >= 15 is 0 Å². The summed E-state index contributed by atoms with van der Waals surface area (Å²) in [5.41, 5.74) is 0.397. The first-order valence-electron chi connectivity index (χ1n) is 6.02. The summed E-state index contributed by atoms with van der Waals surface area (Å²) in [4.78, 5) is 7.50. The molecular formula is C12H25N3. The third-order valence-electron chi connectivity index (χ3n) is 4.39. The Labute approximate surface area is 94.0 Å². The Morgan fingerprint density at radius 1 is 1.13 bits per heavy atom. The summed E-state index contributed by atoms with van der Waals surface area (Å²) >= 11 is 0. The molecule has 0 saturated carbocycles. The van der Waals surface area contributed by atoms with E-state index in [4.69, 9.17) is 0 Å². The Kier molecular flexibility index (Phi) is 2.82. The molecule has 0 spiro atoms. The topological polar surface area (TPSA) is 9.72 Å². The quantitative estimate of drug-likeness (QED) is 0.666. The Bertz CT molecular complexity index is 231. The third kappa shape index (κ3) is 2.05. The van der Waals surface area contributed by atoms with E-state index in [0.717, 1.165) is 12.1 Å². The fourth-order valence-electron chi connectivity index (χ4n) is 2.72. The second kappa shape index (κ2) is 3.72. The fourth-order valence-corrected chi connectivity index (χ4v) is 2.72. The largest absolute Gasteiger partial charge is 0.304 e. The van der Waals surface area contributed by atoms with Gasteiger partial charge in [-0.1, -0.05) is 0 Å². The molecule has 0 aliphatic carbocycles. The number of nitrogens with zero attached hydrogens (tertiary/aromatic N) is 3. The van der Waals surface area contributed by atoms with Crippen LogP contribution >= 0.6 is 0 Å². The van der Waals surface area contributed by atoms with Gasteiger partial charge in [-0.25, -0.2) is 0 Å². The zero-order valence-corrected chi connectivity index (χ0v) is 10.8. The van der Waals surface area contributed by atoms with Gasteiger partial charge in [-0.3, -0.25) is 9.80 Å². The maximum atomic E-state index is 2.65.